The van der Waals surface area contributed by atoms with Gasteiger partial charge in [0.25, 0.3) is 0 Å². The predicted octanol–water partition coefficient (Wildman–Crippen LogP) is 4.86. The first-order valence-electron chi connectivity index (χ1n) is 10.3. The van der Waals surface area contributed by atoms with Gasteiger partial charge in [-0.1, -0.05) is 52.3 Å². The Kier molecular flexibility index (Phi) is 6.89. The monoisotopic (exact) mass is 510 g/mol. The smallest absolute Gasteiger partial charge is 0.243 e. The van der Waals surface area contributed by atoms with Crippen molar-refractivity contribution in [2.45, 2.75) is 4.90 Å². The molecule has 1 aliphatic rings. The zero-order valence-electron chi connectivity index (χ0n) is 17.4. The maximum absolute atomic E-state index is 12.9. The van der Waals surface area contributed by atoms with E-state index >= 15 is 0 Å². The summed E-state index contributed by atoms with van der Waals surface area (Å²) in [5, 5.41) is 0. The first-order valence-corrected chi connectivity index (χ1v) is 12.5. The molecule has 0 saturated carbocycles. The number of ketones is 1. The Morgan fingerprint density at radius 1 is 0.812 bits per heavy atom. The number of carbonyl (C=O) groups excluding carboxylic acids is 1. The van der Waals surface area contributed by atoms with E-state index in [-0.39, 0.29) is 5.78 Å². The Labute approximate surface area is 197 Å². The van der Waals surface area contributed by atoms with Crippen molar-refractivity contribution < 1.29 is 13.2 Å². The summed E-state index contributed by atoms with van der Waals surface area (Å²) in [5.74, 6) is -0.0502. The van der Waals surface area contributed by atoms with Crippen molar-refractivity contribution in [2.24, 2.45) is 0 Å². The van der Waals surface area contributed by atoms with Crippen molar-refractivity contribution in [3.63, 3.8) is 0 Å². The number of anilines is 1. The summed E-state index contributed by atoms with van der Waals surface area (Å²) >= 11 is 3.34. The van der Waals surface area contributed by atoms with Crippen LogP contribution >= 0.6 is 15.9 Å². The molecule has 1 heterocycles. The van der Waals surface area contributed by atoms with E-state index in [1.54, 1.807) is 36.4 Å². The summed E-state index contributed by atoms with van der Waals surface area (Å²) in [4.78, 5) is 14.9. The van der Waals surface area contributed by atoms with Crippen LogP contribution in [0.1, 0.15) is 15.9 Å². The molecule has 5 nitrogen and oxygen atoms in total. The van der Waals surface area contributed by atoms with Crippen LogP contribution in [0.3, 0.4) is 0 Å². The number of benzene rings is 3. The van der Waals surface area contributed by atoms with E-state index in [1.165, 1.54) is 4.31 Å². The molecule has 0 spiro atoms. The van der Waals surface area contributed by atoms with Crippen LogP contribution in [0, 0.1) is 0 Å². The van der Waals surface area contributed by atoms with Crippen LogP contribution in [0.2, 0.25) is 0 Å². The number of piperazine rings is 1. The van der Waals surface area contributed by atoms with E-state index < -0.39 is 10.0 Å². The molecule has 3 aromatic rings. The third-order valence-corrected chi connectivity index (χ3v) is 7.88. The maximum atomic E-state index is 12.9. The number of sulfonamides is 1. The molecular formula is C25H23BrN2O3S. The van der Waals surface area contributed by atoms with E-state index in [2.05, 4.69) is 20.8 Å². The fraction of sp³-hybridized carbons (Fsp3) is 0.160. The second-order valence-electron chi connectivity index (χ2n) is 7.50. The van der Waals surface area contributed by atoms with E-state index in [0.29, 0.717) is 36.6 Å². The number of rotatable bonds is 6. The summed E-state index contributed by atoms with van der Waals surface area (Å²) in [7, 11) is -3.50. The minimum absolute atomic E-state index is 0.0502. The van der Waals surface area contributed by atoms with Gasteiger partial charge in [0, 0.05) is 41.9 Å². The molecule has 0 unspecified atom stereocenters. The molecule has 7 heteroatoms. The number of nitrogens with zero attached hydrogens (tertiary/aromatic N) is 2. The van der Waals surface area contributed by atoms with Gasteiger partial charge in [-0.3, -0.25) is 4.79 Å². The Morgan fingerprint density at radius 2 is 1.44 bits per heavy atom. The predicted molar refractivity (Wildman–Crippen MR) is 131 cm³/mol. The SMILES string of the molecule is O=C(C=Cc1ccccc1)c1ccc(N2CCN(S(=O)(=O)c3ccc(Br)cc3)CC2)cc1. The normalized spacial score (nSPS) is 15.2. The van der Waals surface area contributed by atoms with E-state index in [1.807, 2.05) is 54.6 Å². The second kappa shape index (κ2) is 9.81. The third kappa shape index (κ3) is 5.18. The third-order valence-electron chi connectivity index (χ3n) is 5.43. The van der Waals surface area contributed by atoms with Gasteiger partial charge in [-0.25, -0.2) is 8.42 Å². The minimum atomic E-state index is -3.50. The van der Waals surface area contributed by atoms with Gasteiger partial charge >= 0.3 is 0 Å². The number of halogens is 1. The zero-order chi connectivity index (χ0) is 22.6. The lowest BCUT2D eigenvalue weighted by atomic mass is 10.1. The minimum Gasteiger partial charge on any atom is -0.369 e. The average molecular weight is 511 g/mol. The number of allylic oxidation sites excluding steroid dienone is 1. The van der Waals surface area contributed by atoms with Crippen molar-refractivity contribution in [3.05, 3.63) is 101 Å². The van der Waals surface area contributed by atoms with Crippen LogP contribution in [-0.4, -0.2) is 44.7 Å². The summed E-state index contributed by atoms with van der Waals surface area (Å²) in [5.41, 5.74) is 2.58. The Bertz CT molecular complexity index is 1200. The van der Waals surface area contributed by atoms with Crippen molar-refractivity contribution in [3.8, 4) is 0 Å². The van der Waals surface area contributed by atoms with Crippen molar-refractivity contribution in [2.75, 3.05) is 31.1 Å². The Hall–Kier alpha value is -2.74. The molecule has 0 aromatic heterocycles. The molecule has 1 aliphatic heterocycles. The highest BCUT2D eigenvalue weighted by Gasteiger charge is 2.28. The van der Waals surface area contributed by atoms with Gasteiger partial charge in [-0.15, -0.1) is 0 Å². The van der Waals surface area contributed by atoms with E-state index in [4.69, 9.17) is 0 Å². The highest BCUT2D eigenvalue weighted by Crippen LogP contribution is 2.23. The van der Waals surface area contributed by atoms with E-state index in [9.17, 15) is 13.2 Å². The van der Waals surface area contributed by atoms with Crippen LogP contribution in [0.4, 0.5) is 5.69 Å². The zero-order valence-corrected chi connectivity index (χ0v) is 19.8. The van der Waals surface area contributed by atoms with Gasteiger partial charge in [0.15, 0.2) is 5.78 Å². The highest BCUT2D eigenvalue weighted by molar-refractivity contribution is 9.10. The number of carbonyl (C=O) groups is 1. The molecule has 0 bridgehead atoms. The molecule has 0 N–H and O–H groups in total. The van der Waals surface area contributed by atoms with Crippen LogP contribution < -0.4 is 4.90 Å². The number of hydrogen-bond donors (Lipinski definition) is 0. The lowest BCUT2D eigenvalue weighted by Gasteiger charge is -2.35. The first-order chi connectivity index (χ1) is 15.4. The van der Waals surface area contributed by atoms with Gasteiger partial charge in [0.2, 0.25) is 10.0 Å². The van der Waals surface area contributed by atoms with Crippen LogP contribution in [-0.2, 0) is 10.0 Å². The summed E-state index contributed by atoms with van der Waals surface area (Å²) in [6.45, 7) is 2.02. The molecule has 1 saturated heterocycles. The Morgan fingerprint density at radius 3 is 2.06 bits per heavy atom. The summed E-state index contributed by atoms with van der Waals surface area (Å²) in [6, 6.07) is 23.9. The van der Waals surface area contributed by atoms with Crippen molar-refractivity contribution in [1.29, 1.82) is 0 Å². The van der Waals surface area contributed by atoms with Gasteiger partial charge in [0.05, 0.1) is 4.90 Å². The molecule has 0 amide bonds. The van der Waals surface area contributed by atoms with Crippen LogP contribution in [0.25, 0.3) is 6.08 Å². The molecule has 3 aromatic carbocycles. The molecule has 164 valence electrons. The fourth-order valence-corrected chi connectivity index (χ4v) is 5.30. The lowest BCUT2D eigenvalue weighted by molar-refractivity contribution is 0.104. The Balaban J connectivity index is 1.37. The fourth-order valence-electron chi connectivity index (χ4n) is 3.61. The average Bonchev–Trinajstić information content (AvgIpc) is 2.84. The summed E-state index contributed by atoms with van der Waals surface area (Å²) < 4.78 is 28.1. The van der Waals surface area contributed by atoms with Gasteiger partial charge in [0.1, 0.15) is 0 Å². The van der Waals surface area contributed by atoms with E-state index in [0.717, 1.165) is 15.7 Å². The standard InChI is InChI=1S/C25H23BrN2O3S/c26-22-9-13-24(14-10-22)32(30,31)28-18-16-27(17-19-28)23-11-7-21(8-12-23)25(29)15-6-20-4-2-1-3-5-20/h1-15H,16-19H2. The largest absolute Gasteiger partial charge is 0.369 e. The van der Waals surface area contributed by atoms with Gasteiger partial charge < -0.3 is 4.90 Å². The molecule has 32 heavy (non-hydrogen) atoms. The second-order valence-corrected chi connectivity index (χ2v) is 10.4. The molecule has 0 aliphatic carbocycles. The molecule has 4 rings (SSSR count). The lowest BCUT2D eigenvalue weighted by Crippen LogP contribution is -2.48. The molecular weight excluding hydrogens is 488 g/mol. The summed E-state index contributed by atoms with van der Waals surface area (Å²) in [6.07, 6.45) is 3.39. The van der Waals surface area contributed by atoms with Crippen LogP contribution in [0.5, 0.6) is 0 Å². The van der Waals surface area contributed by atoms with Crippen LogP contribution in [0.15, 0.2) is 94.3 Å². The topological polar surface area (TPSA) is 57.7 Å². The number of hydrogen-bond acceptors (Lipinski definition) is 4. The quantitative estimate of drug-likeness (QED) is 0.351. The maximum Gasteiger partial charge on any atom is 0.243 e. The highest BCUT2D eigenvalue weighted by atomic mass is 79.9. The van der Waals surface area contributed by atoms with Gasteiger partial charge in [-0.05, 0) is 60.2 Å². The first kappa shape index (κ1) is 22.5. The molecule has 1 fully saturated rings. The molecule has 0 atom stereocenters. The van der Waals surface area contributed by atoms with Crippen molar-refractivity contribution in [1.82, 2.24) is 4.31 Å². The van der Waals surface area contributed by atoms with Crippen molar-refractivity contribution >= 4 is 43.5 Å². The van der Waals surface area contributed by atoms with Gasteiger partial charge in [-0.2, -0.15) is 4.31 Å². The molecule has 0 radical (unpaired) electrons.